The Morgan fingerprint density at radius 1 is 0.917 bits per heavy atom. The Bertz CT molecular complexity index is 1150. The number of anilines is 2. The lowest BCUT2D eigenvalue weighted by Crippen LogP contribution is -2.43. The Labute approximate surface area is 212 Å². The van der Waals surface area contributed by atoms with E-state index in [-0.39, 0.29) is 11.9 Å². The van der Waals surface area contributed by atoms with Gasteiger partial charge in [-0.15, -0.1) is 0 Å². The predicted molar refractivity (Wildman–Crippen MR) is 140 cm³/mol. The lowest BCUT2D eigenvalue weighted by Gasteiger charge is -2.35. The van der Waals surface area contributed by atoms with E-state index < -0.39 is 0 Å². The average Bonchev–Trinajstić information content (AvgIpc) is 2.94. The molecule has 1 aliphatic rings. The van der Waals surface area contributed by atoms with Crippen molar-refractivity contribution >= 4 is 17.3 Å². The molecule has 8 nitrogen and oxygen atoms in total. The standard InChI is InChI=1S/C28H33N3O5/c1-33-22-11-9-21(10-12-22)30-24-7-5-4-6-23(24)28(32)29-19-25(31-14-16-36-17-15-31)20-8-13-26(34-2)27(18-20)35-3/h4-13,18,25,30H,14-17,19H2,1-3H3,(H,29,32). The molecule has 0 spiro atoms. The summed E-state index contributed by atoms with van der Waals surface area (Å²) in [7, 11) is 4.88. The first-order valence-electron chi connectivity index (χ1n) is 11.9. The molecule has 4 rings (SSSR count). The summed E-state index contributed by atoms with van der Waals surface area (Å²) in [5.41, 5.74) is 3.21. The SMILES string of the molecule is COc1ccc(Nc2ccccc2C(=O)NCC(c2ccc(OC)c(OC)c2)N2CCOCC2)cc1. The molecule has 0 aliphatic carbocycles. The summed E-state index contributed by atoms with van der Waals surface area (Å²) < 4.78 is 21.7. The zero-order chi connectivity index (χ0) is 25.3. The Morgan fingerprint density at radius 3 is 2.33 bits per heavy atom. The van der Waals surface area contributed by atoms with Gasteiger partial charge in [0, 0.05) is 25.3 Å². The second-order valence-corrected chi connectivity index (χ2v) is 8.39. The smallest absolute Gasteiger partial charge is 0.253 e. The molecule has 1 atom stereocenters. The molecule has 0 saturated carbocycles. The molecular formula is C28H33N3O5. The highest BCUT2D eigenvalue weighted by atomic mass is 16.5. The highest BCUT2D eigenvalue weighted by Crippen LogP contribution is 2.32. The normalized spacial score (nSPS) is 14.5. The summed E-state index contributed by atoms with van der Waals surface area (Å²) in [6.45, 7) is 3.32. The van der Waals surface area contributed by atoms with Gasteiger partial charge in [-0.1, -0.05) is 18.2 Å². The molecule has 3 aromatic rings. The average molecular weight is 492 g/mol. The summed E-state index contributed by atoms with van der Waals surface area (Å²) in [5.74, 6) is 1.96. The molecule has 0 bridgehead atoms. The minimum atomic E-state index is -0.148. The topological polar surface area (TPSA) is 81.3 Å². The van der Waals surface area contributed by atoms with E-state index in [0.29, 0.717) is 36.8 Å². The number of para-hydroxylation sites is 1. The fraction of sp³-hybridized carbons (Fsp3) is 0.321. The van der Waals surface area contributed by atoms with Crippen molar-refractivity contribution in [1.82, 2.24) is 10.2 Å². The van der Waals surface area contributed by atoms with Crippen LogP contribution in [0.15, 0.2) is 66.7 Å². The van der Waals surface area contributed by atoms with Crippen molar-refractivity contribution < 1.29 is 23.7 Å². The third kappa shape index (κ3) is 6.08. The molecule has 1 unspecified atom stereocenters. The predicted octanol–water partition coefficient (Wildman–Crippen LogP) is 4.26. The van der Waals surface area contributed by atoms with E-state index in [0.717, 1.165) is 35.8 Å². The molecular weight excluding hydrogens is 458 g/mol. The van der Waals surface area contributed by atoms with Crippen LogP contribution in [0.1, 0.15) is 22.0 Å². The number of hydrogen-bond acceptors (Lipinski definition) is 7. The third-order valence-electron chi connectivity index (χ3n) is 6.28. The van der Waals surface area contributed by atoms with Gasteiger partial charge in [0.05, 0.1) is 51.8 Å². The van der Waals surface area contributed by atoms with Crippen LogP contribution in [0.3, 0.4) is 0 Å². The number of carbonyl (C=O) groups excluding carboxylic acids is 1. The van der Waals surface area contributed by atoms with E-state index in [1.165, 1.54) is 0 Å². The molecule has 1 amide bonds. The summed E-state index contributed by atoms with van der Waals surface area (Å²) >= 11 is 0. The van der Waals surface area contributed by atoms with Crippen LogP contribution in [0, 0.1) is 0 Å². The second-order valence-electron chi connectivity index (χ2n) is 8.39. The molecule has 8 heteroatoms. The number of morpholine rings is 1. The fourth-order valence-corrected chi connectivity index (χ4v) is 4.31. The summed E-state index contributed by atoms with van der Waals surface area (Å²) in [6.07, 6.45) is 0. The molecule has 0 aromatic heterocycles. The van der Waals surface area contributed by atoms with Gasteiger partial charge in [-0.2, -0.15) is 0 Å². The van der Waals surface area contributed by atoms with Gasteiger partial charge < -0.3 is 29.6 Å². The summed E-state index contributed by atoms with van der Waals surface area (Å²) in [6, 6.07) is 20.9. The van der Waals surface area contributed by atoms with Gasteiger partial charge in [-0.05, 0) is 54.1 Å². The molecule has 1 fully saturated rings. The Morgan fingerprint density at radius 2 is 1.64 bits per heavy atom. The van der Waals surface area contributed by atoms with Crippen molar-refractivity contribution in [2.75, 3.05) is 59.5 Å². The largest absolute Gasteiger partial charge is 0.497 e. The molecule has 1 heterocycles. The Balaban J connectivity index is 1.52. The number of nitrogens with one attached hydrogen (secondary N) is 2. The first-order chi connectivity index (χ1) is 17.6. The second kappa shape index (κ2) is 12.3. The van der Waals surface area contributed by atoms with Gasteiger partial charge in [-0.25, -0.2) is 0 Å². The molecule has 1 aliphatic heterocycles. The van der Waals surface area contributed by atoms with E-state index >= 15 is 0 Å². The van der Waals surface area contributed by atoms with Gasteiger partial charge in [0.2, 0.25) is 0 Å². The number of methoxy groups -OCH3 is 3. The van der Waals surface area contributed by atoms with Gasteiger partial charge >= 0.3 is 0 Å². The number of amides is 1. The molecule has 2 N–H and O–H groups in total. The van der Waals surface area contributed by atoms with E-state index in [4.69, 9.17) is 18.9 Å². The summed E-state index contributed by atoms with van der Waals surface area (Å²) in [5, 5.41) is 6.49. The maximum atomic E-state index is 13.3. The minimum absolute atomic E-state index is 0.0423. The van der Waals surface area contributed by atoms with Crippen LogP contribution in [0.2, 0.25) is 0 Å². The van der Waals surface area contributed by atoms with E-state index in [1.54, 1.807) is 21.3 Å². The van der Waals surface area contributed by atoms with Crippen LogP contribution >= 0.6 is 0 Å². The third-order valence-corrected chi connectivity index (χ3v) is 6.28. The number of hydrogen-bond donors (Lipinski definition) is 2. The lowest BCUT2D eigenvalue weighted by molar-refractivity contribution is 0.0162. The molecule has 36 heavy (non-hydrogen) atoms. The van der Waals surface area contributed by atoms with Crippen LogP contribution < -0.4 is 24.8 Å². The Kier molecular flexibility index (Phi) is 8.65. The van der Waals surface area contributed by atoms with Crippen molar-refractivity contribution in [3.63, 3.8) is 0 Å². The van der Waals surface area contributed by atoms with Crippen LogP contribution in [0.4, 0.5) is 11.4 Å². The first kappa shape index (κ1) is 25.3. The zero-order valence-electron chi connectivity index (χ0n) is 21.0. The monoisotopic (exact) mass is 491 g/mol. The minimum Gasteiger partial charge on any atom is -0.497 e. The van der Waals surface area contributed by atoms with E-state index in [1.807, 2.05) is 66.7 Å². The van der Waals surface area contributed by atoms with Gasteiger partial charge in [0.15, 0.2) is 11.5 Å². The van der Waals surface area contributed by atoms with E-state index in [2.05, 4.69) is 15.5 Å². The quantitative estimate of drug-likeness (QED) is 0.439. The van der Waals surface area contributed by atoms with Crippen molar-refractivity contribution in [3.8, 4) is 17.2 Å². The fourth-order valence-electron chi connectivity index (χ4n) is 4.31. The number of nitrogens with zero attached hydrogens (tertiary/aromatic N) is 1. The summed E-state index contributed by atoms with van der Waals surface area (Å²) in [4.78, 5) is 15.7. The van der Waals surface area contributed by atoms with Crippen molar-refractivity contribution in [1.29, 1.82) is 0 Å². The molecule has 1 saturated heterocycles. The zero-order valence-corrected chi connectivity index (χ0v) is 21.0. The van der Waals surface area contributed by atoms with Crippen molar-refractivity contribution in [3.05, 3.63) is 77.9 Å². The van der Waals surface area contributed by atoms with Crippen molar-refractivity contribution in [2.24, 2.45) is 0 Å². The number of ether oxygens (including phenoxy) is 4. The Hall–Kier alpha value is -3.75. The molecule has 3 aromatic carbocycles. The number of benzene rings is 3. The molecule has 190 valence electrons. The van der Waals surface area contributed by atoms with Crippen LogP contribution in [0.25, 0.3) is 0 Å². The van der Waals surface area contributed by atoms with Crippen molar-refractivity contribution in [2.45, 2.75) is 6.04 Å². The first-order valence-corrected chi connectivity index (χ1v) is 11.9. The number of carbonyl (C=O) groups is 1. The lowest BCUT2D eigenvalue weighted by atomic mass is 10.0. The van der Waals surface area contributed by atoms with Gasteiger partial charge in [0.25, 0.3) is 5.91 Å². The molecule has 0 radical (unpaired) electrons. The highest BCUT2D eigenvalue weighted by molar-refractivity contribution is 6.00. The highest BCUT2D eigenvalue weighted by Gasteiger charge is 2.25. The maximum absolute atomic E-state index is 13.3. The van der Waals surface area contributed by atoms with Crippen LogP contribution in [-0.2, 0) is 4.74 Å². The van der Waals surface area contributed by atoms with E-state index in [9.17, 15) is 4.79 Å². The van der Waals surface area contributed by atoms with Crippen LogP contribution in [0.5, 0.6) is 17.2 Å². The van der Waals surface area contributed by atoms with Gasteiger partial charge in [0.1, 0.15) is 5.75 Å². The van der Waals surface area contributed by atoms with Crippen LogP contribution in [-0.4, -0.2) is 65.0 Å². The van der Waals surface area contributed by atoms with Gasteiger partial charge in [-0.3, -0.25) is 9.69 Å². The maximum Gasteiger partial charge on any atom is 0.253 e. The number of rotatable bonds is 10.